The maximum Gasteiger partial charge on any atom is 0.150 e. The van der Waals surface area contributed by atoms with Gasteiger partial charge in [0.15, 0.2) is 0 Å². The van der Waals surface area contributed by atoms with Crippen molar-refractivity contribution in [3.05, 3.63) is 0 Å². The fraction of sp³-hybridized carbons (Fsp3) is 1.00. The van der Waals surface area contributed by atoms with Gasteiger partial charge >= 0.3 is 0 Å². The van der Waals surface area contributed by atoms with Gasteiger partial charge in [0.25, 0.3) is 0 Å². The molecule has 3 saturated heterocycles. The van der Waals surface area contributed by atoms with Crippen molar-refractivity contribution < 1.29 is 19.7 Å². The summed E-state index contributed by atoms with van der Waals surface area (Å²) in [7, 11) is -0.587. The zero-order valence-electron chi connectivity index (χ0n) is 24.8. The Labute approximate surface area is 221 Å². The van der Waals surface area contributed by atoms with Gasteiger partial charge in [-0.15, -0.1) is 0 Å². The second-order valence-corrected chi connectivity index (χ2v) is 11.7. The number of nitrogens with zero attached hydrogens (tertiary/aromatic N) is 3. The summed E-state index contributed by atoms with van der Waals surface area (Å²) in [5, 5.41) is 10.6. The number of likely N-dealkylation sites (tertiary alicyclic amines) is 1. The molecule has 0 aromatic heterocycles. The van der Waals surface area contributed by atoms with Crippen molar-refractivity contribution in [3.8, 4) is 0 Å². The second kappa shape index (κ2) is 21.8. The van der Waals surface area contributed by atoms with Gasteiger partial charge < -0.3 is 19.6 Å². The van der Waals surface area contributed by atoms with Crippen LogP contribution in [0.1, 0.15) is 82.5 Å². The molecule has 0 atom stereocenters. The standard InChI is InChI=1S/C13H27N3O.C6H12O3S.C4H10.2C2H6.H2/c1-3-15-6-4-13(17,5-7-15)12-16-10-8-14(2)9-11-16;1-2-10(7,8)5-6-3-9-4-6;1-3-4-2;2*1-2;/h17H,3-12H2,1-2H3;6H,2-5H2,1H3;3-4H2,1-2H3;2*1-2H3;1H. The van der Waals surface area contributed by atoms with Crippen LogP contribution >= 0.6 is 0 Å². The first-order chi connectivity index (χ1) is 16.7. The molecule has 0 saturated carbocycles. The van der Waals surface area contributed by atoms with Gasteiger partial charge in [0.05, 0.1) is 24.6 Å². The van der Waals surface area contributed by atoms with E-state index in [1.54, 1.807) is 6.92 Å². The van der Waals surface area contributed by atoms with Crippen LogP contribution in [0.3, 0.4) is 0 Å². The minimum absolute atomic E-state index is 0. The molecular weight excluding hydrogens is 462 g/mol. The predicted molar refractivity (Wildman–Crippen MR) is 154 cm³/mol. The van der Waals surface area contributed by atoms with Crippen molar-refractivity contribution in [3.63, 3.8) is 0 Å². The van der Waals surface area contributed by atoms with E-state index < -0.39 is 15.4 Å². The highest BCUT2D eigenvalue weighted by molar-refractivity contribution is 7.91. The lowest BCUT2D eigenvalue weighted by atomic mass is 9.90. The topological polar surface area (TPSA) is 73.3 Å². The number of β-amino-alcohol motifs (C(OH)–C–C–N with tert-alkyl or cyclic N) is 1. The zero-order chi connectivity index (χ0) is 27.3. The Bertz CT molecular complexity index is 559. The summed E-state index contributed by atoms with van der Waals surface area (Å²) in [6, 6.07) is 0. The lowest BCUT2D eigenvalue weighted by Crippen LogP contribution is -2.54. The number of unbranched alkanes of at least 4 members (excludes halogenated alkanes) is 1. The van der Waals surface area contributed by atoms with Gasteiger partial charge in [0.1, 0.15) is 9.84 Å². The summed E-state index contributed by atoms with van der Waals surface area (Å²) in [4.78, 5) is 7.22. The van der Waals surface area contributed by atoms with E-state index in [1.807, 2.05) is 27.7 Å². The zero-order valence-corrected chi connectivity index (χ0v) is 25.6. The predicted octanol–water partition coefficient (Wildman–Crippen LogP) is 4.25. The van der Waals surface area contributed by atoms with Crippen molar-refractivity contribution in [1.29, 1.82) is 0 Å². The molecule has 3 aliphatic rings. The Morgan fingerprint density at radius 2 is 1.34 bits per heavy atom. The summed E-state index contributed by atoms with van der Waals surface area (Å²) in [5.74, 6) is 0.831. The average Bonchev–Trinajstić information content (AvgIpc) is 2.86. The molecule has 7 nitrogen and oxygen atoms in total. The number of ether oxygens (including phenoxy) is 1. The van der Waals surface area contributed by atoms with Gasteiger partial charge in [-0.2, -0.15) is 0 Å². The first-order valence-corrected chi connectivity index (χ1v) is 16.1. The van der Waals surface area contributed by atoms with Crippen LogP contribution in [0.5, 0.6) is 0 Å². The van der Waals surface area contributed by atoms with Crippen LogP contribution < -0.4 is 0 Å². The van der Waals surface area contributed by atoms with E-state index in [0.29, 0.717) is 19.0 Å². The fourth-order valence-electron chi connectivity index (χ4n) is 3.72. The van der Waals surface area contributed by atoms with Crippen LogP contribution in [0.4, 0.5) is 0 Å². The lowest BCUT2D eigenvalue weighted by molar-refractivity contribution is -0.0505. The summed E-state index contributed by atoms with van der Waals surface area (Å²) < 4.78 is 26.8. The lowest BCUT2D eigenvalue weighted by Gasteiger charge is -2.42. The van der Waals surface area contributed by atoms with Crippen molar-refractivity contribution in [1.82, 2.24) is 14.7 Å². The van der Waals surface area contributed by atoms with Crippen molar-refractivity contribution in [2.75, 3.05) is 84.1 Å². The quantitative estimate of drug-likeness (QED) is 0.532. The largest absolute Gasteiger partial charge is 0.388 e. The highest BCUT2D eigenvalue weighted by Gasteiger charge is 2.34. The van der Waals surface area contributed by atoms with Crippen LogP contribution in [0.15, 0.2) is 0 Å². The summed E-state index contributed by atoms with van der Waals surface area (Å²) in [6.45, 7) is 26.1. The molecule has 0 aromatic rings. The summed E-state index contributed by atoms with van der Waals surface area (Å²) in [5.41, 5.74) is -0.429. The molecule has 0 bridgehead atoms. The van der Waals surface area contributed by atoms with E-state index in [1.165, 1.54) is 12.8 Å². The molecule has 3 heterocycles. The molecule has 3 fully saturated rings. The molecule has 0 radical (unpaired) electrons. The van der Waals surface area contributed by atoms with E-state index in [9.17, 15) is 13.5 Å². The summed E-state index contributed by atoms with van der Waals surface area (Å²) in [6.07, 6.45) is 4.51. The van der Waals surface area contributed by atoms with Gasteiger partial charge in [0.2, 0.25) is 0 Å². The van der Waals surface area contributed by atoms with Gasteiger partial charge in [0, 0.05) is 58.9 Å². The van der Waals surface area contributed by atoms with Crippen LogP contribution in [-0.4, -0.2) is 118 Å². The maximum atomic E-state index is 10.9. The van der Waals surface area contributed by atoms with Crippen molar-refractivity contribution >= 4 is 9.84 Å². The second-order valence-electron chi connectivity index (χ2n) is 9.34. The molecule has 35 heavy (non-hydrogen) atoms. The Balaban J connectivity index is -0.000000490. The molecule has 1 N–H and O–H groups in total. The smallest absolute Gasteiger partial charge is 0.150 e. The molecule has 0 aliphatic carbocycles. The first kappa shape index (κ1) is 36.9. The van der Waals surface area contributed by atoms with Gasteiger partial charge in [-0.25, -0.2) is 8.42 Å². The van der Waals surface area contributed by atoms with Crippen LogP contribution in [0, 0.1) is 5.92 Å². The SMILES string of the molecule is CC.CC.CCCC.CCN1CCC(O)(CN2CCN(C)CC2)CC1.CCS(=O)(=O)CC1COC1.[HH]. The molecule has 0 unspecified atom stereocenters. The number of aliphatic hydroxyl groups is 1. The van der Waals surface area contributed by atoms with Crippen molar-refractivity contribution in [2.45, 2.75) is 86.7 Å². The van der Waals surface area contributed by atoms with E-state index in [0.717, 1.165) is 65.2 Å². The fourth-order valence-corrected chi connectivity index (χ4v) is 4.87. The molecule has 0 aromatic carbocycles. The molecule has 3 aliphatic heterocycles. The highest BCUT2D eigenvalue weighted by atomic mass is 32.2. The Morgan fingerprint density at radius 3 is 1.69 bits per heavy atom. The van der Waals surface area contributed by atoms with Crippen LogP contribution in [-0.2, 0) is 14.6 Å². The normalized spacial score (nSPS) is 20.9. The molecule has 3 rings (SSSR count). The number of likely N-dealkylation sites (N-methyl/N-ethyl adjacent to an activating group) is 1. The van der Waals surface area contributed by atoms with Crippen molar-refractivity contribution in [2.24, 2.45) is 5.92 Å². The van der Waals surface area contributed by atoms with E-state index in [2.05, 4.69) is 42.5 Å². The molecular formula is C27H63N3O4S. The highest BCUT2D eigenvalue weighted by Crippen LogP contribution is 2.23. The molecule has 0 amide bonds. The Morgan fingerprint density at radius 1 is 0.857 bits per heavy atom. The minimum Gasteiger partial charge on any atom is -0.388 e. The Kier molecular flexibility index (Phi) is 23.0. The maximum absolute atomic E-state index is 10.9. The van der Waals surface area contributed by atoms with E-state index in [4.69, 9.17) is 4.74 Å². The third-order valence-corrected chi connectivity index (χ3v) is 8.34. The van der Waals surface area contributed by atoms with E-state index in [-0.39, 0.29) is 13.1 Å². The number of sulfone groups is 1. The average molecular weight is 526 g/mol. The minimum atomic E-state index is -2.76. The molecule has 216 valence electrons. The number of hydrogen-bond acceptors (Lipinski definition) is 7. The third-order valence-electron chi connectivity index (χ3n) is 6.48. The van der Waals surface area contributed by atoms with Gasteiger partial charge in [-0.1, -0.05) is 68.2 Å². The number of piperidine rings is 1. The third kappa shape index (κ3) is 17.8. The van der Waals surface area contributed by atoms with Crippen LogP contribution in [0.2, 0.25) is 0 Å². The van der Waals surface area contributed by atoms with Gasteiger partial charge in [-0.3, -0.25) is 4.90 Å². The Hall–Kier alpha value is -0.250. The molecule has 8 heteroatoms. The van der Waals surface area contributed by atoms with Gasteiger partial charge in [-0.05, 0) is 26.4 Å². The number of piperazine rings is 1. The van der Waals surface area contributed by atoms with E-state index >= 15 is 0 Å². The van der Waals surface area contributed by atoms with Crippen LogP contribution in [0.25, 0.3) is 0 Å². The summed E-state index contributed by atoms with van der Waals surface area (Å²) >= 11 is 0. The number of rotatable bonds is 7. The first-order valence-electron chi connectivity index (χ1n) is 14.3. The monoisotopic (exact) mass is 525 g/mol. The number of hydrogen-bond donors (Lipinski definition) is 1. The molecule has 0 spiro atoms.